The second-order valence-corrected chi connectivity index (χ2v) is 5.10. The molecule has 2 nitrogen and oxygen atoms in total. The van der Waals surface area contributed by atoms with Crippen molar-refractivity contribution in [1.29, 1.82) is 0 Å². The molecule has 0 spiro atoms. The smallest absolute Gasteiger partial charge is 0.128 e. The summed E-state index contributed by atoms with van der Waals surface area (Å²) in [6.45, 7) is 1.70. The number of aliphatic hydroxyl groups is 1. The zero-order valence-electron chi connectivity index (χ0n) is 9.00. The van der Waals surface area contributed by atoms with Gasteiger partial charge in [-0.1, -0.05) is 22.0 Å². The predicted octanol–water partition coefficient (Wildman–Crippen LogP) is 2.54. The molecular weight excluding hydrogens is 273 g/mol. The van der Waals surface area contributed by atoms with Crippen LogP contribution in [0.1, 0.15) is 18.4 Å². The molecule has 4 heteroatoms. The standard InChI is InChI=1S/C12H15BrFNO/c13-10-4-3-9(12(14)6-10)7-15-5-1-2-11(15)8-16/h3-4,6,11,16H,1-2,5,7-8H2/t11-/m0/s1. The Kier molecular flexibility index (Phi) is 3.95. The molecule has 1 heterocycles. The Labute approximate surface area is 103 Å². The normalized spacial score (nSPS) is 21.6. The Morgan fingerprint density at radius 1 is 1.50 bits per heavy atom. The largest absolute Gasteiger partial charge is 0.395 e. The first kappa shape index (κ1) is 12.0. The van der Waals surface area contributed by atoms with Gasteiger partial charge in [0, 0.05) is 22.6 Å². The highest BCUT2D eigenvalue weighted by Crippen LogP contribution is 2.22. The highest BCUT2D eigenvalue weighted by molar-refractivity contribution is 9.10. The van der Waals surface area contributed by atoms with Gasteiger partial charge in [0.15, 0.2) is 0 Å². The molecule has 16 heavy (non-hydrogen) atoms. The van der Waals surface area contributed by atoms with Crippen molar-refractivity contribution in [2.24, 2.45) is 0 Å². The van der Waals surface area contributed by atoms with E-state index >= 15 is 0 Å². The van der Waals surface area contributed by atoms with Crippen molar-refractivity contribution in [2.75, 3.05) is 13.2 Å². The van der Waals surface area contributed by atoms with E-state index in [1.807, 2.05) is 6.07 Å². The van der Waals surface area contributed by atoms with E-state index in [1.165, 1.54) is 6.07 Å². The molecule has 0 unspecified atom stereocenters. The number of aliphatic hydroxyl groups excluding tert-OH is 1. The Morgan fingerprint density at radius 3 is 3.00 bits per heavy atom. The van der Waals surface area contributed by atoms with Crippen LogP contribution in [0.4, 0.5) is 4.39 Å². The average molecular weight is 288 g/mol. The summed E-state index contributed by atoms with van der Waals surface area (Å²) >= 11 is 3.24. The lowest BCUT2D eigenvalue weighted by atomic mass is 10.2. The first-order chi connectivity index (χ1) is 7.70. The molecule has 1 N–H and O–H groups in total. The van der Waals surface area contributed by atoms with Gasteiger partial charge in [0.2, 0.25) is 0 Å². The summed E-state index contributed by atoms with van der Waals surface area (Å²) in [5.41, 5.74) is 0.698. The van der Waals surface area contributed by atoms with E-state index in [2.05, 4.69) is 20.8 Å². The minimum absolute atomic E-state index is 0.165. The minimum atomic E-state index is -0.182. The van der Waals surface area contributed by atoms with Crippen LogP contribution in [-0.4, -0.2) is 29.2 Å². The summed E-state index contributed by atoms with van der Waals surface area (Å²) in [4.78, 5) is 2.15. The minimum Gasteiger partial charge on any atom is -0.395 e. The van der Waals surface area contributed by atoms with Crippen LogP contribution in [0.2, 0.25) is 0 Å². The summed E-state index contributed by atoms with van der Waals surface area (Å²) in [5, 5.41) is 9.18. The molecule has 0 bridgehead atoms. The molecule has 1 aromatic carbocycles. The number of hydrogen-bond donors (Lipinski definition) is 1. The number of benzene rings is 1. The van der Waals surface area contributed by atoms with Crippen molar-refractivity contribution >= 4 is 15.9 Å². The molecule has 0 amide bonds. The summed E-state index contributed by atoms with van der Waals surface area (Å²) in [5.74, 6) is -0.182. The van der Waals surface area contributed by atoms with Crippen LogP contribution in [0.3, 0.4) is 0 Å². The van der Waals surface area contributed by atoms with E-state index in [4.69, 9.17) is 0 Å². The van der Waals surface area contributed by atoms with E-state index in [1.54, 1.807) is 6.07 Å². The second-order valence-electron chi connectivity index (χ2n) is 4.18. The fourth-order valence-electron chi connectivity index (χ4n) is 2.18. The quantitative estimate of drug-likeness (QED) is 0.924. The third kappa shape index (κ3) is 2.62. The average Bonchev–Trinajstić information content (AvgIpc) is 2.69. The van der Waals surface area contributed by atoms with Gasteiger partial charge in [0.05, 0.1) is 6.61 Å². The molecule has 1 aliphatic heterocycles. The van der Waals surface area contributed by atoms with E-state index in [9.17, 15) is 9.50 Å². The first-order valence-corrected chi connectivity index (χ1v) is 6.29. The van der Waals surface area contributed by atoms with Crippen LogP contribution in [0.5, 0.6) is 0 Å². The molecule has 1 atom stereocenters. The van der Waals surface area contributed by atoms with E-state index in [0.29, 0.717) is 12.1 Å². The van der Waals surface area contributed by atoms with Crippen molar-refractivity contribution in [3.63, 3.8) is 0 Å². The van der Waals surface area contributed by atoms with Gasteiger partial charge >= 0.3 is 0 Å². The molecule has 0 aromatic heterocycles. The lowest BCUT2D eigenvalue weighted by Gasteiger charge is -2.22. The number of halogens is 2. The Balaban J connectivity index is 2.08. The first-order valence-electron chi connectivity index (χ1n) is 5.49. The number of hydrogen-bond acceptors (Lipinski definition) is 2. The van der Waals surface area contributed by atoms with Gasteiger partial charge in [-0.3, -0.25) is 4.90 Å². The van der Waals surface area contributed by atoms with Crippen molar-refractivity contribution in [1.82, 2.24) is 4.90 Å². The molecule has 88 valence electrons. The molecule has 1 aromatic rings. The number of likely N-dealkylation sites (tertiary alicyclic amines) is 1. The van der Waals surface area contributed by atoms with Crippen LogP contribution in [0.25, 0.3) is 0 Å². The Morgan fingerprint density at radius 2 is 2.31 bits per heavy atom. The Bertz CT molecular complexity index is 372. The van der Waals surface area contributed by atoms with Crippen LogP contribution in [0, 0.1) is 5.82 Å². The summed E-state index contributed by atoms with van der Waals surface area (Å²) in [6.07, 6.45) is 2.10. The van der Waals surface area contributed by atoms with Gasteiger partial charge in [-0.25, -0.2) is 4.39 Å². The third-order valence-electron chi connectivity index (χ3n) is 3.10. The number of rotatable bonds is 3. The number of nitrogens with zero attached hydrogens (tertiary/aromatic N) is 1. The van der Waals surface area contributed by atoms with Crippen molar-refractivity contribution < 1.29 is 9.50 Å². The highest BCUT2D eigenvalue weighted by Gasteiger charge is 2.24. The monoisotopic (exact) mass is 287 g/mol. The molecular formula is C12H15BrFNO. The van der Waals surface area contributed by atoms with Crippen molar-refractivity contribution in [3.8, 4) is 0 Å². The van der Waals surface area contributed by atoms with E-state index in [-0.39, 0.29) is 18.5 Å². The molecule has 0 radical (unpaired) electrons. The maximum atomic E-state index is 13.6. The molecule has 1 saturated heterocycles. The van der Waals surface area contributed by atoms with Crippen LogP contribution >= 0.6 is 15.9 Å². The summed E-state index contributed by atoms with van der Waals surface area (Å²) in [7, 11) is 0. The van der Waals surface area contributed by atoms with E-state index in [0.717, 1.165) is 23.9 Å². The molecule has 0 aliphatic carbocycles. The third-order valence-corrected chi connectivity index (χ3v) is 3.59. The fourth-order valence-corrected chi connectivity index (χ4v) is 2.51. The zero-order chi connectivity index (χ0) is 11.5. The van der Waals surface area contributed by atoms with Crippen LogP contribution in [-0.2, 0) is 6.54 Å². The summed E-state index contributed by atoms with van der Waals surface area (Å²) < 4.78 is 14.4. The van der Waals surface area contributed by atoms with Crippen molar-refractivity contribution in [3.05, 3.63) is 34.1 Å². The van der Waals surface area contributed by atoms with Gasteiger partial charge < -0.3 is 5.11 Å². The van der Waals surface area contributed by atoms with Gasteiger partial charge in [-0.15, -0.1) is 0 Å². The molecule has 2 rings (SSSR count). The lowest BCUT2D eigenvalue weighted by molar-refractivity contribution is 0.152. The Hall–Kier alpha value is -0.450. The maximum absolute atomic E-state index is 13.6. The SMILES string of the molecule is OC[C@@H]1CCCN1Cc1ccc(Br)cc1F. The molecule has 1 aliphatic rings. The zero-order valence-corrected chi connectivity index (χ0v) is 10.6. The second kappa shape index (κ2) is 5.25. The van der Waals surface area contributed by atoms with Gasteiger partial charge in [0.25, 0.3) is 0 Å². The van der Waals surface area contributed by atoms with E-state index < -0.39 is 0 Å². The predicted molar refractivity (Wildman–Crippen MR) is 64.6 cm³/mol. The van der Waals surface area contributed by atoms with Gasteiger partial charge in [-0.05, 0) is 31.5 Å². The van der Waals surface area contributed by atoms with Crippen LogP contribution in [0.15, 0.2) is 22.7 Å². The lowest BCUT2D eigenvalue weighted by Crippen LogP contribution is -2.31. The van der Waals surface area contributed by atoms with Gasteiger partial charge in [-0.2, -0.15) is 0 Å². The van der Waals surface area contributed by atoms with Crippen LogP contribution < -0.4 is 0 Å². The maximum Gasteiger partial charge on any atom is 0.128 e. The van der Waals surface area contributed by atoms with Gasteiger partial charge in [0.1, 0.15) is 5.82 Å². The highest BCUT2D eigenvalue weighted by atomic mass is 79.9. The van der Waals surface area contributed by atoms with Crippen molar-refractivity contribution in [2.45, 2.75) is 25.4 Å². The molecule has 0 saturated carbocycles. The topological polar surface area (TPSA) is 23.5 Å². The summed E-state index contributed by atoms with van der Waals surface area (Å²) in [6, 6.07) is 5.33. The molecule has 1 fully saturated rings. The fraction of sp³-hybridized carbons (Fsp3) is 0.500.